The van der Waals surface area contributed by atoms with Gasteiger partial charge in [-0.05, 0) is 31.3 Å². The van der Waals surface area contributed by atoms with Crippen molar-refractivity contribution in [3.63, 3.8) is 0 Å². The van der Waals surface area contributed by atoms with E-state index in [4.69, 9.17) is 9.84 Å². The van der Waals surface area contributed by atoms with E-state index >= 15 is 0 Å². The van der Waals surface area contributed by atoms with Crippen LogP contribution in [0.1, 0.15) is 26.2 Å². The van der Waals surface area contributed by atoms with Crippen molar-refractivity contribution in [3.8, 4) is 0 Å². The molecule has 0 radical (unpaired) electrons. The van der Waals surface area contributed by atoms with E-state index in [0.717, 1.165) is 24.3 Å². The highest BCUT2D eigenvalue weighted by atomic mass is 32.2. The van der Waals surface area contributed by atoms with Crippen LogP contribution in [0.15, 0.2) is 0 Å². The fraction of sp³-hybridized carbons (Fsp3) is 0.889. The van der Waals surface area contributed by atoms with Crippen molar-refractivity contribution >= 4 is 17.7 Å². The predicted octanol–water partition coefficient (Wildman–Crippen LogP) is 1.76. The van der Waals surface area contributed by atoms with Crippen molar-refractivity contribution in [2.45, 2.75) is 31.8 Å². The van der Waals surface area contributed by atoms with Gasteiger partial charge in [0, 0.05) is 6.61 Å². The largest absolute Gasteiger partial charge is 0.481 e. The number of carbonyl (C=O) groups is 1. The quantitative estimate of drug-likeness (QED) is 0.758. The van der Waals surface area contributed by atoms with Crippen LogP contribution in [0.5, 0.6) is 0 Å². The number of hydrogen-bond acceptors (Lipinski definition) is 3. The highest BCUT2D eigenvalue weighted by Crippen LogP contribution is 2.33. The third-order valence-electron chi connectivity index (χ3n) is 2.33. The van der Waals surface area contributed by atoms with Crippen molar-refractivity contribution < 1.29 is 14.6 Å². The summed E-state index contributed by atoms with van der Waals surface area (Å²) in [6.07, 6.45) is 1.90. The van der Waals surface area contributed by atoms with E-state index in [1.54, 1.807) is 0 Å². The molecule has 0 amide bonds. The standard InChI is InChI=1S/C9H16O3S/c1-2-12-9(7-8(10)11)3-5-13-6-4-9/h2-7H2,1H3,(H,10,11). The average molecular weight is 204 g/mol. The first-order valence-corrected chi connectivity index (χ1v) is 5.77. The third-order valence-corrected chi connectivity index (χ3v) is 3.31. The monoisotopic (exact) mass is 204 g/mol. The maximum Gasteiger partial charge on any atom is 0.306 e. The number of carboxylic acids is 1. The van der Waals surface area contributed by atoms with Crippen LogP contribution in [-0.4, -0.2) is 34.8 Å². The second kappa shape index (κ2) is 4.86. The van der Waals surface area contributed by atoms with Crippen molar-refractivity contribution in [3.05, 3.63) is 0 Å². The second-order valence-electron chi connectivity index (χ2n) is 3.30. The highest BCUT2D eigenvalue weighted by molar-refractivity contribution is 7.99. The van der Waals surface area contributed by atoms with Crippen LogP contribution in [0.2, 0.25) is 0 Å². The fourth-order valence-electron chi connectivity index (χ4n) is 1.70. The number of rotatable bonds is 4. The Morgan fingerprint density at radius 2 is 2.15 bits per heavy atom. The Labute approximate surface area is 82.8 Å². The molecule has 0 bridgehead atoms. The second-order valence-corrected chi connectivity index (χ2v) is 4.52. The predicted molar refractivity (Wildman–Crippen MR) is 53.2 cm³/mol. The Bertz CT molecular complexity index is 170. The minimum Gasteiger partial charge on any atom is -0.481 e. The summed E-state index contributed by atoms with van der Waals surface area (Å²) in [6.45, 7) is 2.53. The summed E-state index contributed by atoms with van der Waals surface area (Å²) in [4.78, 5) is 10.7. The molecule has 0 atom stereocenters. The van der Waals surface area contributed by atoms with E-state index < -0.39 is 5.97 Å². The summed E-state index contributed by atoms with van der Waals surface area (Å²) < 4.78 is 5.59. The van der Waals surface area contributed by atoms with Gasteiger partial charge in [-0.25, -0.2) is 0 Å². The van der Waals surface area contributed by atoms with Crippen LogP contribution in [-0.2, 0) is 9.53 Å². The van der Waals surface area contributed by atoms with Gasteiger partial charge in [0.15, 0.2) is 0 Å². The van der Waals surface area contributed by atoms with Crippen LogP contribution < -0.4 is 0 Å². The molecule has 0 spiro atoms. The molecule has 1 rings (SSSR count). The molecule has 13 heavy (non-hydrogen) atoms. The van der Waals surface area contributed by atoms with Gasteiger partial charge in [-0.1, -0.05) is 0 Å². The summed E-state index contributed by atoms with van der Waals surface area (Å²) in [5.41, 5.74) is -0.369. The maximum atomic E-state index is 10.7. The van der Waals surface area contributed by atoms with Gasteiger partial charge in [-0.2, -0.15) is 11.8 Å². The topological polar surface area (TPSA) is 46.5 Å². The SMILES string of the molecule is CCOC1(CC(=O)O)CCSCC1. The zero-order valence-electron chi connectivity index (χ0n) is 7.91. The van der Waals surface area contributed by atoms with E-state index in [2.05, 4.69) is 0 Å². The molecular weight excluding hydrogens is 188 g/mol. The molecule has 1 aliphatic heterocycles. The summed E-state index contributed by atoms with van der Waals surface area (Å²) in [6, 6.07) is 0. The number of thioether (sulfide) groups is 1. The summed E-state index contributed by atoms with van der Waals surface area (Å²) in [5, 5.41) is 8.77. The number of hydrogen-bond donors (Lipinski definition) is 1. The van der Waals surface area contributed by atoms with Gasteiger partial charge in [0.1, 0.15) is 0 Å². The summed E-state index contributed by atoms with van der Waals surface area (Å²) in [5.74, 6) is 1.29. The zero-order valence-corrected chi connectivity index (χ0v) is 8.73. The van der Waals surface area contributed by atoms with E-state index in [1.807, 2.05) is 18.7 Å². The first-order valence-electron chi connectivity index (χ1n) is 4.62. The molecule has 0 aromatic heterocycles. The Kier molecular flexibility index (Phi) is 4.06. The molecule has 1 fully saturated rings. The van der Waals surface area contributed by atoms with Gasteiger partial charge in [0.05, 0.1) is 12.0 Å². The van der Waals surface area contributed by atoms with Crippen LogP contribution in [0.25, 0.3) is 0 Å². The lowest BCUT2D eigenvalue weighted by Gasteiger charge is -2.35. The lowest BCUT2D eigenvalue weighted by atomic mass is 9.92. The molecule has 0 aromatic carbocycles. The molecule has 76 valence electrons. The van der Waals surface area contributed by atoms with Crippen LogP contribution >= 0.6 is 11.8 Å². The van der Waals surface area contributed by atoms with Gasteiger partial charge in [0.25, 0.3) is 0 Å². The molecule has 3 nitrogen and oxygen atoms in total. The Morgan fingerprint density at radius 3 is 2.62 bits per heavy atom. The lowest BCUT2D eigenvalue weighted by Crippen LogP contribution is -2.39. The minimum absolute atomic E-state index is 0.154. The Hall–Kier alpha value is -0.220. The highest BCUT2D eigenvalue weighted by Gasteiger charge is 2.35. The third kappa shape index (κ3) is 3.19. The molecule has 0 saturated carbocycles. The van der Waals surface area contributed by atoms with E-state index in [9.17, 15) is 4.79 Å². The first kappa shape index (κ1) is 10.9. The molecule has 1 saturated heterocycles. The van der Waals surface area contributed by atoms with E-state index in [1.165, 1.54) is 0 Å². The molecular formula is C9H16O3S. The lowest BCUT2D eigenvalue weighted by molar-refractivity contribution is -0.146. The number of ether oxygens (including phenoxy) is 1. The van der Waals surface area contributed by atoms with E-state index in [-0.39, 0.29) is 12.0 Å². The molecule has 1 heterocycles. The molecule has 0 unspecified atom stereocenters. The molecule has 0 aromatic rings. The zero-order chi connectivity index (χ0) is 9.73. The van der Waals surface area contributed by atoms with Gasteiger partial charge < -0.3 is 9.84 Å². The molecule has 0 aliphatic carbocycles. The minimum atomic E-state index is -0.750. The van der Waals surface area contributed by atoms with Crippen LogP contribution in [0, 0.1) is 0 Å². The Morgan fingerprint density at radius 1 is 1.54 bits per heavy atom. The molecule has 1 aliphatic rings. The van der Waals surface area contributed by atoms with Crippen molar-refractivity contribution in [2.75, 3.05) is 18.1 Å². The maximum absolute atomic E-state index is 10.7. The molecule has 1 N–H and O–H groups in total. The van der Waals surface area contributed by atoms with Crippen molar-refractivity contribution in [1.82, 2.24) is 0 Å². The Balaban J connectivity index is 2.55. The van der Waals surface area contributed by atoms with Gasteiger partial charge in [-0.3, -0.25) is 4.79 Å². The van der Waals surface area contributed by atoms with Crippen molar-refractivity contribution in [1.29, 1.82) is 0 Å². The number of aliphatic carboxylic acids is 1. The summed E-state index contributed by atoms with van der Waals surface area (Å²) in [7, 11) is 0. The van der Waals surface area contributed by atoms with Gasteiger partial charge in [0.2, 0.25) is 0 Å². The van der Waals surface area contributed by atoms with E-state index in [0.29, 0.717) is 6.61 Å². The normalized spacial score (nSPS) is 21.3. The van der Waals surface area contributed by atoms with Crippen LogP contribution in [0.4, 0.5) is 0 Å². The first-order chi connectivity index (χ1) is 6.18. The molecule has 4 heteroatoms. The smallest absolute Gasteiger partial charge is 0.306 e. The number of carboxylic acid groups (broad SMARTS) is 1. The van der Waals surface area contributed by atoms with Crippen molar-refractivity contribution in [2.24, 2.45) is 0 Å². The fourth-order valence-corrected chi connectivity index (χ4v) is 2.93. The van der Waals surface area contributed by atoms with Gasteiger partial charge in [-0.15, -0.1) is 0 Å². The average Bonchev–Trinajstić information content (AvgIpc) is 2.04. The summed E-state index contributed by atoms with van der Waals surface area (Å²) >= 11 is 1.88. The van der Waals surface area contributed by atoms with Gasteiger partial charge >= 0.3 is 5.97 Å². The van der Waals surface area contributed by atoms with Crippen LogP contribution in [0.3, 0.4) is 0 Å².